The number of amides is 1. The topological polar surface area (TPSA) is 156 Å². The first kappa shape index (κ1) is 41.5. The Morgan fingerprint density at radius 3 is 2.24 bits per heavy atom. The van der Waals surface area contributed by atoms with Crippen molar-refractivity contribution in [3.05, 3.63) is 12.2 Å². The van der Waals surface area contributed by atoms with Crippen molar-refractivity contribution >= 4 is 29.6 Å². The number of cyclic esters (lactones) is 1. The lowest BCUT2D eigenvalue weighted by molar-refractivity contribution is -0.299. The van der Waals surface area contributed by atoms with Crippen LogP contribution in [0.2, 0.25) is 0 Å². The van der Waals surface area contributed by atoms with E-state index >= 15 is 0 Å². The van der Waals surface area contributed by atoms with Crippen molar-refractivity contribution in [3.8, 4) is 0 Å². The van der Waals surface area contributed by atoms with Crippen LogP contribution in [0.1, 0.15) is 94.9 Å². The second kappa shape index (κ2) is 17.1. The van der Waals surface area contributed by atoms with Gasteiger partial charge in [-0.05, 0) is 67.5 Å². The van der Waals surface area contributed by atoms with Gasteiger partial charge in [0.2, 0.25) is 0 Å². The predicted molar refractivity (Wildman–Crippen MR) is 184 cm³/mol. The lowest BCUT2D eigenvalue weighted by atomic mass is 9.73. The lowest BCUT2D eigenvalue weighted by Crippen LogP contribution is -2.61. The normalized spacial score (nSPS) is 40.5. The molecule has 50 heavy (non-hydrogen) atoms. The molecular weight excluding hydrogens is 648 g/mol. The summed E-state index contributed by atoms with van der Waals surface area (Å²) in [7, 11) is 3.76. The van der Waals surface area contributed by atoms with Crippen molar-refractivity contribution in [2.24, 2.45) is 23.7 Å². The fraction of sp³-hybridized carbons (Fsp3) is 0.811. The fourth-order valence-corrected chi connectivity index (χ4v) is 7.90. The summed E-state index contributed by atoms with van der Waals surface area (Å²) < 4.78 is 37.2. The van der Waals surface area contributed by atoms with E-state index in [1.165, 1.54) is 13.8 Å². The van der Waals surface area contributed by atoms with Gasteiger partial charge in [0, 0.05) is 24.7 Å². The van der Waals surface area contributed by atoms with E-state index in [4.69, 9.17) is 28.4 Å². The van der Waals surface area contributed by atoms with Crippen LogP contribution >= 0.6 is 0 Å². The summed E-state index contributed by atoms with van der Waals surface area (Å²) in [6, 6.07) is -1.08. The smallest absolute Gasteiger partial charge is 0.408 e. The van der Waals surface area contributed by atoms with Gasteiger partial charge in [-0.15, -0.1) is 0 Å². The Morgan fingerprint density at radius 2 is 1.66 bits per heavy atom. The molecule has 0 radical (unpaired) electrons. The second-order valence-corrected chi connectivity index (χ2v) is 15.0. The molecule has 0 aromatic heterocycles. The minimum atomic E-state index is -1.37. The zero-order valence-corrected chi connectivity index (χ0v) is 32.0. The van der Waals surface area contributed by atoms with Crippen LogP contribution in [0.3, 0.4) is 0 Å². The van der Waals surface area contributed by atoms with Gasteiger partial charge in [-0.1, -0.05) is 46.8 Å². The number of carbonyl (C=O) groups is 5. The Balaban J connectivity index is 2.20. The number of nitrogens with zero attached hydrogens (tertiary/aromatic N) is 1. The molecule has 3 rings (SSSR count). The Bertz CT molecular complexity index is 1270. The van der Waals surface area contributed by atoms with Gasteiger partial charge in [-0.2, -0.15) is 0 Å². The zero-order chi connectivity index (χ0) is 37.7. The maximum absolute atomic E-state index is 14.3. The minimum absolute atomic E-state index is 0.115. The van der Waals surface area contributed by atoms with Crippen molar-refractivity contribution in [3.63, 3.8) is 0 Å². The number of hydrogen-bond acceptors (Lipinski definition) is 12. The number of fused-ring (bicyclic) bond motifs is 1. The molecule has 0 bridgehead atoms. The van der Waals surface area contributed by atoms with Crippen LogP contribution in [0.4, 0.5) is 4.79 Å². The molecule has 3 fully saturated rings. The number of esters is 2. The van der Waals surface area contributed by atoms with Gasteiger partial charge in [-0.25, -0.2) is 4.79 Å². The Kier molecular flexibility index (Phi) is 14.2. The molecule has 3 aliphatic rings. The molecule has 0 aromatic rings. The van der Waals surface area contributed by atoms with Gasteiger partial charge in [-0.3, -0.25) is 19.2 Å². The van der Waals surface area contributed by atoms with Gasteiger partial charge < -0.3 is 38.6 Å². The highest BCUT2D eigenvalue weighted by Gasteiger charge is 2.57. The molecule has 13 nitrogen and oxygen atoms in total. The molecule has 1 N–H and O–H groups in total. The third-order valence-corrected chi connectivity index (χ3v) is 10.6. The predicted octanol–water partition coefficient (Wildman–Crippen LogP) is 4.39. The third kappa shape index (κ3) is 9.13. The van der Waals surface area contributed by atoms with E-state index in [2.05, 4.69) is 5.32 Å². The molecule has 3 aliphatic heterocycles. The Hall–Kier alpha value is -2.87. The van der Waals surface area contributed by atoms with E-state index in [0.29, 0.717) is 6.42 Å². The van der Waals surface area contributed by atoms with Gasteiger partial charge in [0.15, 0.2) is 23.8 Å². The first-order chi connectivity index (χ1) is 23.3. The fourth-order valence-electron chi connectivity index (χ4n) is 7.90. The molecule has 0 saturated carbocycles. The summed E-state index contributed by atoms with van der Waals surface area (Å²) in [6.45, 7) is 17.2. The molecular formula is C37H60N2O11. The molecule has 3 heterocycles. The number of Topliss-reactive ketones (excluding diaryl/α,β-unsaturated/α-hetero) is 2. The molecule has 7 unspecified atom stereocenters. The number of carbonyl (C=O) groups excluding carboxylic acids is 5. The summed E-state index contributed by atoms with van der Waals surface area (Å²) in [5, 5.41) is 2.79. The van der Waals surface area contributed by atoms with Crippen LogP contribution in [0.15, 0.2) is 12.2 Å². The first-order valence-corrected chi connectivity index (χ1v) is 18.0. The van der Waals surface area contributed by atoms with Gasteiger partial charge in [0.25, 0.3) is 0 Å². The summed E-state index contributed by atoms with van der Waals surface area (Å²) in [5.74, 6) is -5.56. The van der Waals surface area contributed by atoms with E-state index in [1.54, 1.807) is 41.5 Å². The Labute approximate surface area is 297 Å². The molecule has 0 spiro atoms. The SMILES string of the molecule is CC/C=C/COC1(C)C[C@@H](C)C(=O)[C@H](C)C2NC(=O)OC2(C)[C@@H](CC)OC(=O)[C@H](C)C(=O)[C@H](C)C1OC1O[C@H](C)CC(N(C)C)C1OC(C)=O. The molecule has 0 aliphatic carbocycles. The molecule has 3 saturated heterocycles. The van der Waals surface area contributed by atoms with Crippen molar-refractivity contribution in [2.75, 3.05) is 20.7 Å². The van der Waals surface area contributed by atoms with Crippen LogP contribution in [0, 0.1) is 23.7 Å². The highest BCUT2D eigenvalue weighted by molar-refractivity contribution is 6.00. The van der Waals surface area contributed by atoms with Crippen LogP contribution in [-0.2, 0) is 47.6 Å². The molecule has 284 valence electrons. The van der Waals surface area contributed by atoms with Gasteiger partial charge in [0.05, 0.1) is 36.5 Å². The number of ketones is 2. The molecule has 0 aromatic carbocycles. The van der Waals surface area contributed by atoms with Crippen LogP contribution in [0.5, 0.6) is 0 Å². The Morgan fingerprint density at radius 1 is 1.00 bits per heavy atom. The highest BCUT2D eigenvalue weighted by Crippen LogP contribution is 2.40. The van der Waals surface area contributed by atoms with E-state index in [0.717, 1.165) is 6.42 Å². The second-order valence-electron chi connectivity index (χ2n) is 15.0. The number of allylic oxidation sites excluding steroid dienone is 1. The van der Waals surface area contributed by atoms with E-state index in [9.17, 15) is 24.0 Å². The number of nitrogens with one attached hydrogen (secondary N) is 1. The van der Waals surface area contributed by atoms with Crippen LogP contribution < -0.4 is 5.32 Å². The largest absolute Gasteiger partial charge is 0.458 e. The van der Waals surface area contributed by atoms with Crippen molar-refractivity contribution in [1.29, 1.82) is 0 Å². The number of likely N-dealkylation sites (N-methyl/N-ethyl adjacent to an activating group) is 1. The molecule has 1 amide bonds. The number of rotatable bonds is 9. The summed E-state index contributed by atoms with van der Waals surface area (Å²) in [4.78, 5) is 69.3. The number of alkyl carbamates (subject to hydrolysis) is 1. The van der Waals surface area contributed by atoms with Crippen molar-refractivity contribution in [2.45, 2.75) is 149 Å². The maximum atomic E-state index is 14.3. The van der Waals surface area contributed by atoms with E-state index in [1.807, 2.05) is 45.0 Å². The molecule has 13 atom stereocenters. The van der Waals surface area contributed by atoms with Crippen molar-refractivity contribution in [1.82, 2.24) is 10.2 Å². The van der Waals surface area contributed by atoms with Crippen LogP contribution in [0.25, 0.3) is 0 Å². The maximum Gasteiger partial charge on any atom is 0.408 e. The average Bonchev–Trinajstić information content (AvgIpc) is 3.36. The zero-order valence-electron chi connectivity index (χ0n) is 32.0. The van der Waals surface area contributed by atoms with E-state index in [-0.39, 0.29) is 37.4 Å². The van der Waals surface area contributed by atoms with Crippen LogP contribution in [-0.4, -0.2) is 109 Å². The lowest BCUT2D eigenvalue weighted by Gasteiger charge is -2.48. The average molecular weight is 709 g/mol. The van der Waals surface area contributed by atoms with Crippen molar-refractivity contribution < 1.29 is 52.4 Å². The standard InChI is InChI=1S/C37H60N2O11/c1-13-15-16-17-45-36(9)19-20(3)28(41)22(5)31-37(10,50-35(44)38-31)27(14-2)48-33(43)24(7)29(42)23(6)32(36)49-34-30(47-25(8)40)26(39(11)12)18-21(4)46-34/h15-16,20-24,26-27,30-32,34H,13-14,17-19H2,1-12H3,(H,38,44)/b16-15+/t20-,21-,22+,23+,24-,26?,27-,30?,31?,32?,34?,36?,37?/m1/s1. The summed E-state index contributed by atoms with van der Waals surface area (Å²) in [6.07, 6.45) is 0.551. The highest BCUT2D eigenvalue weighted by atomic mass is 16.7. The summed E-state index contributed by atoms with van der Waals surface area (Å²) in [5.41, 5.74) is -2.67. The molecule has 13 heteroatoms. The number of hydrogen-bond donors (Lipinski definition) is 1. The van der Waals surface area contributed by atoms with Gasteiger partial charge >= 0.3 is 18.0 Å². The monoisotopic (exact) mass is 708 g/mol. The third-order valence-electron chi connectivity index (χ3n) is 10.6. The first-order valence-electron chi connectivity index (χ1n) is 18.0. The summed E-state index contributed by atoms with van der Waals surface area (Å²) >= 11 is 0. The minimum Gasteiger partial charge on any atom is -0.458 e. The number of ether oxygens (including phenoxy) is 6. The van der Waals surface area contributed by atoms with E-state index < -0.39 is 89.3 Å². The van der Waals surface area contributed by atoms with Gasteiger partial charge in [0.1, 0.15) is 17.8 Å². The quantitative estimate of drug-likeness (QED) is 0.156.